The van der Waals surface area contributed by atoms with Crippen molar-refractivity contribution in [2.75, 3.05) is 5.32 Å². The SMILES string of the molecule is NC(=O)c1cc(Br)c(NCc2cnc(Cl)s2)c([N+](=O)[O-])c1. The Labute approximate surface area is 136 Å². The summed E-state index contributed by atoms with van der Waals surface area (Å²) in [5.41, 5.74) is 5.22. The van der Waals surface area contributed by atoms with Crippen molar-refractivity contribution >= 4 is 56.1 Å². The number of carbonyl (C=O) groups excluding carboxylic acids is 1. The van der Waals surface area contributed by atoms with Gasteiger partial charge in [0, 0.05) is 27.2 Å². The summed E-state index contributed by atoms with van der Waals surface area (Å²) in [6.07, 6.45) is 1.58. The lowest BCUT2D eigenvalue weighted by Gasteiger charge is -2.09. The number of nitro groups is 1. The Morgan fingerprint density at radius 3 is 2.81 bits per heavy atom. The highest BCUT2D eigenvalue weighted by atomic mass is 79.9. The van der Waals surface area contributed by atoms with Crippen LogP contribution in [-0.2, 0) is 6.54 Å². The minimum absolute atomic E-state index is 0.0555. The molecule has 0 fully saturated rings. The summed E-state index contributed by atoms with van der Waals surface area (Å²) in [7, 11) is 0. The number of primary amides is 1. The first-order chi connectivity index (χ1) is 9.88. The molecule has 2 aromatic rings. The fraction of sp³-hybridized carbons (Fsp3) is 0.0909. The van der Waals surface area contributed by atoms with Crippen LogP contribution in [0.3, 0.4) is 0 Å². The minimum atomic E-state index is -0.736. The number of nitrogens with two attached hydrogens (primary N) is 1. The smallest absolute Gasteiger partial charge is 0.294 e. The second kappa shape index (κ2) is 6.37. The number of hydrogen-bond donors (Lipinski definition) is 2. The van der Waals surface area contributed by atoms with E-state index in [0.717, 1.165) is 10.9 Å². The maximum Gasteiger partial charge on any atom is 0.294 e. The lowest BCUT2D eigenvalue weighted by atomic mass is 10.1. The number of hydrogen-bond acceptors (Lipinski definition) is 6. The number of aromatic nitrogens is 1. The third-order valence-electron chi connectivity index (χ3n) is 2.52. The number of nitro benzene ring substituents is 1. The van der Waals surface area contributed by atoms with Gasteiger partial charge in [0.25, 0.3) is 5.69 Å². The number of thiazole rings is 1. The first-order valence-electron chi connectivity index (χ1n) is 5.50. The first-order valence-corrected chi connectivity index (χ1v) is 7.49. The highest BCUT2D eigenvalue weighted by molar-refractivity contribution is 9.10. The number of halogens is 2. The third kappa shape index (κ3) is 3.69. The van der Waals surface area contributed by atoms with Crippen LogP contribution < -0.4 is 11.1 Å². The maximum atomic E-state index is 11.2. The fourth-order valence-electron chi connectivity index (χ4n) is 1.59. The van der Waals surface area contributed by atoms with Crippen LogP contribution in [-0.4, -0.2) is 15.8 Å². The molecule has 0 aliphatic carbocycles. The topological polar surface area (TPSA) is 111 Å². The second-order valence-corrected chi connectivity index (χ2v) is 6.46. The van der Waals surface area contributed by atoms with Gasteiger partial charge in [0.15, 0.2) is 4.47 Å². The maximum absolute atomic E-state index is 11.2. The number of benzene rings is 1. The molecule has 10 heteroatoms. The van der Waals surface area contributed by atoms with Crippen LogP contribution in [0.25, 0.3) is 0 Å². The van der Waals surface area contributed by atoms with E-state index in [1.54, 1.807) is 6.20 Å². The molecule has 1 amide bonds. The van der Waals surface area contributed by atoms with Crippen LogP contribution in [0, 0.1) is 10.1 Å². The number of nitrogens with one attached hydrogen (secondary N) is 1. The van der Waals surface area contributed by atoms with Gasteiger partial charge in [-0.3, -0.25) is 14.9 Å². The van der Waals surface area contributed by atoms with E-state index in [0.29, 0.717) is 15.5 Å². The summed E-state index contributed by atoms with van der Waals surface area (Å²) in [4.78, 5) is 26.4. The molecule has 110 valence electrons. The van der Waals surface area contributed by atoms with Crippen LogP contribution in [0.5, 0.6) is 0 Å². The molecule has 21 heavy (non-hydrogen) atoms. The van der Waals surface area contributed by atoms with E-state index < -0.39 is 10.8 Å². The van der Waals surface area contributed by atoms with Crippen molar-refractivity contribution < 1.29 is 9.72 Å². The summed E-state index contributed by atoms with van der Waals surface area (Å²) >= 11 is 10.2. The largest absolute Gasteiger partial charge is 0.374 e. The average Bonchev–Trinajstić information content (AvgIpc) is 2.82. The van der Waals surface area contributed by atoms with E-state index in [1.165, 1.54) is 17.4 Å². The van der Waals surface area contributed by atoms with Crippen molar-refractivity contribution in [3.8, 4) is 0 Å². The molecule has 0 aliphatic heterocycles. The molecule has 1 aromatic carbocycles. The summed E-state index contributed by atoms with van der Waals surface area (Å²) in [5.74, 6) is -0.736. The average molecular weight is 392 g/mol. The second-order valence-electron chi connectivity index (χ2n) is 3.91. The Kier molecular flexibility index (Phi) is 4.76. The Hall–Kier alpha value is -1.71. The molecule has 3 N–H and O–H groups in total. The van der Waals surface area contributed by atoms with Crippen LogP contribution in [0.2, 0.25) is 4.47 Å². The van der Waals surface area contributed by atoms with Crippen LogP contribution in [0.15, 0.2) is 22.8 Å². The van der Waals surface area contributed by atoms with Crippen molar-refractivity contribution in [3.63, 3.8) is 0 Å². The van der Waals surface area contributed by atoms with E-state index in [4.69, 9.17) is 17.3 Å². The van der Waals surface area contributed by atoms with Gasteiger partial charge in [0.2, 0.25) is 5.91 Å². The molecular weight excluding hydrogens is 384 g/mol. The Morgan fingerprint density at radius 1 is 1.57 bits per heavy atom. The van der Waals surface area contributed by atoms with E-state index in [-0.39, 0.29) is 16.9 Å². The van der Waals surface area contributed by atoms with E-state index in [1.807, 2.05) is 0 Å². The summed E-state index contributed by atoms with van der Waals surface area (Å²) in [6, 6.07) is 2.56. The summed E-state index contributed by atoms with van der Waals surface area (Å²) in [6.45, 7) is 0.319. The van der Waals surface area contributed by atoms with Gasteiger partial charge >= 0.3 is 0 Å². The van der Waals surface area contributed by atoms with Gasteiger partial charge in [-0.2, -0.15) is 0 Å². The highest BCUT2D eigenvalue weighted by Crippen LogP contribution is 2.34. The zero-order valence-corrected chi connectivity index (χ0v) is 13.5. The quantitative estimate of drug-likeness (QED) is 0.600. The molecule has 7 nitrogen and oxygen atoms in total. The van der Waals surface area contributed by atoms with Gasteiger partial charge in [-0.25, -0.2) is 4.98 Å². The molecule has 0 atom stereocenters. The molecule has 0 aliphatic rings. The summed E-state index contributed by atoms with van der Waals surface area (Å²) in [5, 5.41) is 14.1. The lowest BCUT2D eigenvalue weighted by Crippen LogP contribution is -2.12. The van der Waals surface area contributed by atoms with Gasteiger partial charge in [-0.05, 0) is 22.0 Å². The molecule has 0 saturated heterocycles. The zero-order valence-electron chi connectivity index (χ0n) is 10.3. The predicted molar refractivity (Wildman–Crippen MR) is 83.8 cm³/mol. The first kappa shape index (κ1) is 15.7. The molecular formula is C11H8BrClN4O3S. The Balaban J connectivity index is 2.33. The van der Waals surface area contributed by atoms with E-state index in [9.17, 15) is 14.9 Å². The van der Waals surface area contributed by atoms with Crippen LogP contribution in [0.4, 0.5) is 11.4 Å². The molecule has 0 unspecified atom stereocenters. The Bertz CT molecular complexity index is 721. The molecule has 0 spiro atoms. The molecule has 1 aromatic heterocycles. The molecule has 2 rings (SSSR count). The third-order valence-corrected chi connectivity index (χ3v) is 4.26. The van der Waals surface area contributed by atoms with Crippen molar-refractivity contribution in [2.45, 2.75) is 6.54 Å². The van der Waals surface area contributed by atoms with Gasteiger partial charge < -0.3 is 11.1 Å². The van der Waals surface area contributed by atoms with E-state index in [2.05, 4.69) is 26.2 Å². The minimum Gasteiger partial charge on any atom is -0.374 e. The van der Waals surface area contributed by atoms with Gasteiger partial charge in [0.05, 0.1) is 11.5 Å². The van der Waals surface area contributed by atoms with Crippen molar-refractivity contribution in [2.24, 2.45) is 5.73 Å². The fourth-order valence-corrected chi connectivity index (χ4v) is 3.10. The van der Waals surface area contributed by atoms with Crippen molar-refractivity contribution in [1.82, 2.24) is 4.98 Å². The number of amides is 1. The molecule has 0 saturated carbocycles. The molecule has 1 heterocycles. The van der Waals surface area contributed by atoms with E-state index >= 15 is 0 Å². The Morgan fingerprint density at radius 2 is 2.29 bits per heavy atom. The van der Waals surface area contributed by atoms with Gasteiger partial charge in [-0.1, -0.05) is 11.6 Å². The number of rotatable bonds is 5. The lowest BCUT2D eigenvalue weighted by molar-refractivity contribution is -0.384. The summed E-state index contributed by atoms with van der Waals surface area (Å²) < 4.78 is 0.769. The molecule has 0 radical (unpaired) electrons. The highest BCUT2D eigenvalue weighted by Gasteiger charge is 2.20. The predicted octanol–water partition coefficient (Wildman–Crippen LogP) is 3.18. The van der Waals surface area contributed by atoms with Crippen molar-refractivity contribution in [3.05, 3.63) is 47.8 Å². The molecule has 0 bridgehead atoms. The number of anilines is 1. The van der Waals surface area contributed by atoms with Gasteiger partial charge in [0.1, 0.15) is 5.69 Å². The van der Waals surface area contributed by atoms with Crippen molar-refractivity contribution in [1.29, 1.82) is 0 Å². The monoisotopic (exact) mass is 390 g/mol. The van der Waals surface area contributed by atoms with Crippen LogP contribution >= 0.6 is 38.9 Å². The van der Waals surface area contributed by atoms with Gasteiger partial charge in [-0.15, -0.1) is 11.3 Å². The normalized spacial score (nSPS) is 10.4. The number of carbonyl (C=O) groups is 1. The van der Waals surface area contributed by atoms with Crippen LogP contribution in [0.1, 0.15) is 15.2 Å². The standard InChI is InChI=1S/C11H8BrClN4O3S/c12-7-1-5(10(14)18)2-8(17(19)20)9(7)15-3-6-4-16-11(13)21-6/h1-2,4,15H,3H2,(H2,14,18). The number of nitrogens with zero attached hydrogens (tertiary/aromatic N) is 2. The zero-order chi connectivity index (χ0) is 15.6.